The number of para-hydroxylation sites is 7. The van der Waals surface area contributed by atoms with E-state index in [9.17, 15) is 5.26 Å². The highest BCUT2D eigenvalue weighted by atomic mass is 16.5. The van der Waals surface area contributed by atoms with E-state index in [0.717, 1.165) is 160 Å². The molecule has 12 aromatic carbocycles. The van der Waals surface area contributed by atoms with Gasteiger partial charge < -0.3 is 27.6 Å². The molecule has 10 heteroatoms. The highest BCUT2D eigenvalue weighted by Gasteiger charge is 2.54. The van der Waals surface area contributed by atoms with Crippen molar-refractivity contribution in [3.05, 3.63) is 325 Å². The second-order valence-corrected chi connectivity index (χ2v) is 25.0. The van der Waals surface area contributed by atoms with Gasteiger partial charge in [0.2, 0.25) is 0 Å². The second-order valence-electron chi connectivity index (χ2n) is 25.0. The molecule has 0 saturated heterocycles. The van der Waals surface area contributed by atoms with Gasteiger partial charge in [0, 0.05) is 87.8 Å². The summed E-state index contributed by atoms with van der Waals surface area (Å²) < 4.78 is 19.2. The van der Waals surface area contributed by atoms with Crippen LogP contribution >= 0.6 is 0 Å². The first-order valence-electron chi connectivity index (χ1n) is 31.9. The molecule has 438 valence electrons. The van der Waals surface area contributed by atoms with Crippen molar-refractivity contribution in [3.63, 3.8) is 0 Å². The van der Waals surface area contributed by atoms with Crippen LogP contribution in [0.2, 0.25) is 0 Å². The lowest BCUT2D eigenvalue weighted by molar-refractivity contribution is 0.436. The van der Waals surface area contributed by atoms with E-state index in [1.165, 1.54) is 10.8 Å². The zero-order valence-electron chi connectivity index (χ0n) is 50.6. The largest absolute Gasteiger partial charge is 0.457 e. The van der Waals surface area contributed by atoms with E-state index in [1.54, 1.807) is 0 Å². The van der Waals surface area contributed by atoms with Crippen LogP contribution in [0.4, 0.5) is 5.69 Å². The number of fused-ring (bicyclic) bond motifs is 24. The molecule has 0 N–H and O–H groups in total. The van der Waals surface area contributed by atoms with Crippen molar-refractivity contribution in [1.29, 1.82) is 5.26 Å². The van der Waals surface area contributed by atoms with E-state index >= 15 is 0 Å². The summed E-state index contributed by atoms with van der Waals surface area (Å²) >= 11 is 0. The fourth-order valence-corrected chi connectivity index (χ4v) is 16.6. The number of hydrogen-bond donors (Lipinski definition) is 0. The molecule has 8 heterocycles. The van der Waals surface area contributed by atoms with Gasteiger partial charge in [0.15, 0.2) is 5.69 Å². The maximum absolute atomic E-state index is 10.6. The third-order valence-electron chi connectivity index (χ3n) is 20.4. The van der Waals surface area contributed by atoms with Gasteiger partial charge in [-0.25, -0.2) is 4.85 Å². The molecule has 0 saturated carbocycles. The minimum Gasteiger partial charge on any atom is -0.457 e. The van der Waals surface area contributed by atoms with Gasteiger partial charge in [0.25, 0.3) is 0 Å². The zero-order valence-corrected chi connectivity index (χ0v) is 50.6. The van der Waals surface area contributed by atoms with E-state index in [-0.39, 0.29) is 0 Å². The SMILES string of the molecule is [C-]#[N+]c1ccc2c(c1)c1ccccc1n2-c1ccc2c(c1)C1(c3cc(-n4c5ccc(C#N)cc5c5cc(-n6c7ccccc7c7ccccc76)ccc54)ccc3O2)c2cc(-n3c4ccccc4c4ccccc43)cnc2-c2ncc(-n3c4ccccc4c4ccccc43)cc21. The van der Waals surface area contributed by atoms with Crippen LogP contribution in [0, 0.1) is 17.9 Å². The maximum atomic E-state index is 10.6. The average Bonchev–Trinajstić information content (AvgIpc) is 1.50. The van der Waals surface area contributed by atoms with Gasteiger partial charge in [-0.05, 0) is 145 Å². The molecule has 1 aliphatic carbocycles. The van der Waals surface area contributed by atoms with Crippen LogP contribution in [0.25, 0.3) is 154 Å². The third-order valence-corrected chi connectivity index (χ3v) is 20.4. The molecule has 10 nitrogen and oxygen atoms in total. The molecule has 19 aromatic rings. The molecular formula is C85H47N9O. The maximum Gasteiger partial charge on any atom is 0.188 e. The Kier molecular flexibility index (Phi) is 10.2. The first-order valence-corrected chi connectivity index (χ1v) is 31.9. The zero-order chi connectivity index (χ0) is 62.4. The summed E-state index contributed by atoms with van der Waals surface area (Å²) in [4.78, 5) is 15.2. The Hall–Kier alpha value is -13.3. The summed E-state index contributed by atoms with van der Waals surface area (Å²) in [5.41, 5.74) is 20.4. The van der Waals surface area contributed by atoms with E-state index in [1.807, 2.05) is 36.7 Å². The Morgan fingerprint density at radius 1 is 0.316 bits per heavy atom. The number of hydrogen-bond acceptors (Lipinski definition) is 4. The molecule has 0 bridgehead atoms. The summed E-state index contributed by atoms with van der Waals surface area (Å²) in [6.07, 6.45) is 4.04. The summed E-state index contributed by atoms with van der Waals surface area (Å²) in [5, 5.41) is 21.6. The quantitative estimate of drug-likeness (QED) is 0.161. The van der Waals surface area contributed by atoms with E-state index in [2.05, 4.69) is 282 Å². The van der Waals surface area contributed by atoms with Crippen molar-refractivity contribution in [2.75, 3.05) is 0 Å². The van der Waals surface area contributed by atoms with E-state index in [4.69, 9.17) is 21.3 Å². The third kappa shape index (κ3) is 6.83. The fraction of sp³-hybridized carbons (Fsp3) is 0.0118. The van der Waals surface area contributed by atoms with Crippen LogP contribution in [0.15, 0.2) is 285 Å². The van der Waals surface area contributed by atoms with Gasteiger partial charge in [-0.2, -0.15) is 5.26 Å². The van der Waals surface area contributed by atoms with Crippen molar-refractivity contribution in [2.24, 2.45) is 0 Å². The van der Waals surface area contributed by atoms with Crippen molar-refractivity contribution < 1.29 is 4.74 Å². The molecule has 0 atom stereocenters. The molecule has 0 unspecified atom stereocenters. The molecule has 0 amide bonds. The minimum absolute atomic E-state index is 0.580. The van der Waals surface area contributed by atoms with E-state index in [0.29, 0.717) is 22.7 Å². The Balaban J connectivity index is 0.889. The number of rotatable bonds is 5. The molecule has 0 fully saturated rings. The highest BCUT2D eigenvalue weighted by Crippen LogP contribution is 2.63. The topological polar surface area (TPSA) is 87.8 Å². The number of pyridine rings is 2. The first-order chi connectivity index (χ1) is 47.0. The van der Waals surface area contributed by atoms with Crippen molar-refractivity contribution in [1.82, 2.24) is 32.8 Å². The van der Waals surface area contributed by atoms with Crippen LogP contribution in [-0.4, -0.2) is 32.8 Å². The van der Waals surface area contributed by atoms with Crippen LogP contribution < -0.4 is 4.74 Å². The molecule has 0 radical (unpaired) electrons. The van der Waals surface area contributed by atoms with Gasteiger partial charge in [-0.1, -0.05) is 133 Å². The summed E-state index contributed by atoms with van der Waals surface area (Å²) in [6, 6.07) is 99.6. The second kappa shape index (κ2) is 18.9. The number of benzene rings is 12. The summed E-state index contributed by atoms with van der Waals surface area (Å²) in [7, 11) is 0. The Morgan fingerprint density at radius 2 is 0.632 bits per heavy atom. The van der Waals surface area contributed by atoms with Crippen LogP contribution in [0.5, 0.6) is 11.5 Å². The fourth-order valence-electron chi connectivity index (χ4n) is 16.6. The average molecular weight is 1210 g/mol. The van der Waals surface area contributed by atoms with Crippen molar-refractivity contribution in [2.45, 2.75) is 5.41 Å². The normalized spacial score (nSPS) is 13.0. The number of ether oxygens (including phenoxy) is 1. The van der Waals surface area contributed by atoms with Gasteiger partial charge in [0.05, 0.1) is 114 Å². The van der Waals surface area contributed by atoms with Gasteiger partial charge in [0.1, 0.15) is 11.5 Å². The minimum atomic E-state index is -1.17. The standard InChI is InChI=1S/C85H47N9O/c1-87-51-31-36-79-65(41-51)63-22-8-15-29-77(63)91(79)53-33-38-81-67(43-53)85(68-44-54(34-39-82(68)95-81)92-78-35-30-50(47-86)40-64(78)66-42-52(32-37-80(66)92)90-71-23-9-2-16-57(71)58-17-3-10-24-72(58)90)69-45-55(93-73-25-11-4-18-59(73)60-19-5-12-26-74(60)93)48-88-83(69)84-70(85)46-56(49-89-84)94-75-27-13-6-20-61(75)62-21-7-14-28-76(62)94/h2-46,48-49H. The predicted octanol–water partition coefficient (Wildman–Crippen LogP) is 20.9. The monoisotopic (exact) mass is 1210 g/mol. The van der Waals surface area contributed by atoms with Crippen molar-refractivity contribution >= 4 is 115 Å². The molecule has 7 aromatic heterocycles. The molecule has 2 aliphatic rings. The van der Waals surface area contributed by atoms with Gasteiger partial charge in [-0.15, -0.1) is 0 Å². The van der Waals surface area contributed by atoms with E-state index < -0.39 is 5.41 Å². The molecule has 95 heavy (non-hydrogen) atoms. The van der Waals surface area contributed by atoms with Crippen LogP contribution in [0.3, 0.4) is 0 Å². The molecule has 1 aliphatic heterocycles. The molecule has 21 rings (SSSR count). The lowest BCUT2D eigenvalue weighted by Gasteiger charge is -2.39. The lowest BCUT2D eigenvalue weighted by Crippen LogP contribution is -2.33. The summed E-state index contributed by atoms with van der Waals surface area (Å²) in [6.45, 7) is 8.07. The van der Waals surface area contributed by atoms with Gasteiger partial charge >= 0.3 is 0 Å². The number of nitriles is 1. The van der Waals surface area contributed by atoms with Crippen LogP contribution in [0.1, 0.15) is 27.8 Å². The van der Waals surface area contributed by atoms with Crippen molar-refractivity contribution in [3.8, 4) is 57.4 Å². The Bertz CT molecular complexity index is 6430. The number of aromatic nitrogens is 7. The number of nitrogens with zero attached hydrogens (tertiary/aromatic N) is 9. The lowest BCUT2D eigenvalue weighted by atomic mass is 9.66. The molecule has 1 spiro atoms. The Morgan fingerprint density at radius 3 is 1.04 bits per heavy atom. The predicted molar refractivity (Wildman–Crippen MR) is 382 cm³/mol. The van der Waals surface area contributed by atoms with Gasteiger partial charge in [-0.3, -0.25) is 9.97 Å². The summed E-state index contributed by atoms with van der Waals surface area (Å²) in [5.74, 6) is 1.40. The smallest absolute Gasteiger partial charge is 0.188 e. The first kappa shape index (κ1) is 51.5. The van der Waals surface area contributed by atoms with Crippen LogP contribution in [-0.2, 0) is 5.41 Å². The molecular weight excluding hydrogens is 1160 g/mol. The highest BCUT2D eigenvalue weighted by molar-refractivity contribution is 6.15. The Labute approximate surface area is 541 Å².